The average Bonchev–Trinajstić information content (AvgIpc) is 2.51. The van der Waals surface area contributed by atoms with Crippen LogP contribution in [0.2, 0.25) is 0 Å². The lowest BCUT2D eigenvalue weighted by Crippen LogP contribution is -2.07. The highest BCUT2D eigenvalue weighted by molar-refractivity contribution is 6.46. The quantitative estimate of drug-likeness (QED) is 0.454. The molecule has 0 atom stereocenters. The van der Waals surface area contributed by atoms with E-state index >= 15 is 0 Å². The van der Waals surface area contributed by atoms with Crippen molar-refractivity contribution in [1.82, 2.24) is 0 Å². The molecule has 0 aromatic heterocycles. The molecule has 1 aromatic rings. The zero-order valence-electron chi connectivity index (χ0n) is 13.0. The van der Waals surface area contributed by atoms with Crippen LogP contribution in [0.25, 0.3) is 6.08 Å². The third-order valence-corrected chi connectivity index (χ3v) is 6.14. The Morgan fingerprint density at radius 3 is 2.70 bits per heavy atom. The third-order valence-electron chi connectivity index (χ3n) is 4.59. The minimum absolute atomic E-state index is 0.425. The van der Waals surface area contributed by atoms with E-state index in [9.17, 15) is 0 Å². The van der Waals surface area contributed by atoms with E-state index in [0.29, 0.717) is 18.8 Å². The molecule has 0 spiro atoms. The fraction of sp³-hybridized carbons (Fsp3) is 0.200. The predicted molar refractivity (Wildman–Crippen MR) is 98.9 cm³/mol. The van der Waals surface area contributed by atoms with Crippen LogP contribution < -0.4 is 0 Å². The molecule has 3 aliphatic rings. The summed E-state index contributed by atoms with van der Waals surface area (Å²) >= 11 is 0. The number of hydrogen-bond donors (Lipinski definition) is 0. The van der Waals surface area contributed by atoms with Crippen LogP contribution in [-0.4, -0.2) is 24.5 Å². The van der Waals surface area contributed by atoms with Gasteiger partial charge < -0.3 is 3.78 Å². The van der Waals surface area contributed by atoms with Crippen molar-refractivity contribution in [3.8, 4) is 0 Å². The highest BCUT2D eigenvalue weighted by atomic mass is 28.3. The summed E-state index contributed by atoms with van der Waals surface area (Å²) in [7, 11) is 0.849. The van der Waals surface area contributed by atoms with Crippen LogP contribution >= 0.6 is 0 Å². The van der Waals surface area contributed by atoms with Gasteiger partial charge in [0.1, 0.15) is 9.38 Å². The van der Waals surface area contributed by atoms with E-state index < -0.39 is 0 Å². The van der Waals surface area contributed by atoms with Gasteiger partial charge >= 0.3 is 0 Å². The summed E-state index contributed by atoms with van der Waals surface area (Å²) in [4.78, 5) is 0. The van der Waals surface area contributed by atoms with Gasteiger partial charge in [-0.25, -0.2) is 0 Å². The van der Waals surface area contributed by atoms with Crippen molar-refractivity contribution in [2.45, 2.75) is 25.7 Å². The highest BCUT2D eigenvalue weighted by Gasteiger charge is 2.25. The summed E-state index contributed by atoms with van der Waals surface area (Å²) in [5.74, 6) is 0. The van der Waals surface area contributed by atoms with Gasteiger partial charge in [-0.3, -0.25) is 0 Å². The summed E-state index contributed by atoms with van der Waals surface area (Å²) in [5.41, 5.74) is 12.9. The lowest BCUT2D eigenvalue weighted by atomic mass is 9.80. The van der Waals surface area contributed by atoms with E-state index in [1.807, 2.05) is 0 Å². The van der Waals surface area contributed by atoms with Crippen molar-refractivity contribution in [3.63, 3.8) is 0 Å². The molecule has 0 amide bonds. The monoisotopic (exact) mass is 330 g/mol. The van der Waals surface area contributed by atoms with Gasteiger partial charge in [0.05, 0.1) is 15.0 Å². The van der Waals surface area contributed by atoms with Crippen molar-refractivity contribution >= 4 is 30.5 Å². The standard InChI is InChI=1S/C20H18OSi2/c1-3-17-5-7-19(17)13-15(1)9-11-22-21-23-12-10-16-2-4-18-6-8-20(18)14-16/h1-4,9-14H,5-8H2/b11-9+,16-10-. The number of rotatable bonds is 4. The SMILES string of the molecule is C(/C=C1\C=C2CCC2=C[CH+]1)=[Si-][O+]=[Si-]/C=C/c1ccc2c(c1)CC2. The van der Waals surface area contributed by atoms with Gasteiger partial charge in [0.15, 0.2) is 0 Å². The van der Waals surface area contributed by atoms with Crippen molar-refractivity contribution in [3.05, 3.63) is 82.0 Å². The van der Waals surface area contributed by atoms with Crippen LogP contribution in [0.5, 0.6) is 0 Å². The maximum Gasteiger partial charge on any atom is 0.105 e. The third kappa shape index (κ3) is 3.41. The molecule has 1 nitrogen and oxygen atoms in total. The van der Waals surface area contributed by atoms with Crippen LogP contribution in [0, 0.1) is 6.42 Å². The molecule has 0 aliphatic heterocycles. The second kappa shape index (κ2) is 6.73. The van der Waals surface area contributed by atoms with E-state index in [-0.39, 0.29) is 0 Å². The van der Waals surface area contributed by atoms with Gasteiger partial charge in [0.2, 0.25) is 0 Å². The molecular weight excluding hydrogens is 312 g/mol. The molecule has 3 heteroatoms. The number of hydrogen-bond acceptors (Lipinski definition) is 0. The van der Waals surface area contributed by atoms with Crippen LogP contribution in [0.15, 0.2) is 58.8 Å². The summed E-state index contributed by atoms with van der Waals surface area (Å²) in [5, 5.41) is 0. The highest BCUT2D eigenvalue weighted by Crippen LogP contribution is 2.37. The Morgan fingerprint density at radius 1 is 1.04 bits per heavy atom. The molecule has 0 bridgehead atoms. The second-order valence-corrected chi connectivity index (χ2v) is 8.02. The first-order valence-corrected chi connectivity index (χ1v) is 10.1. The largest absolute Gasteiger partial charge is 0.832 e. The van der Waals surface area contributed by atoms with E-state index in [4.69, 9.17) is 3.78 Å². The second-order valence-electron chi connectivity index (χ2n) is 6.06. The Hall–Kier alpha value is -1.85. The van der Waals surface area contributed by atoms with Gasteiger partial charge in [-0.1, -0.05) is 24.3 Å². The molecule has 1 aromatic carbocycles. The Kier molecular flexibility index (Phi) is 4.31. The van der Waals surface area contributed by atoms with Gasteiger partial charge in [-0.15, -0.1) is 5.67 Å². The van der Waals surface area contributed by atoms with Gasteiger partial charge in [0, 0.05) is 42.6 Å². The van der Waals surface area contributed by atoms with Gasteiger partial charge in [0.25, 0.3) is 0 Å². The minimum Gasteiger partial charge on any atom is -0.832 e. The van der Waals surface area contributed by atoms with Gasteiger partial charge in [-0.05, 0) is 35.6 Å². The molecule has 0 heterocycles. The smallest absolute Gasteiger partial charge is 0.105 e. The van der Waals surface area contributed by atoms with Crippen molar-refractivity contribution in [1.29, 1.82) is 0 Å². The Morgan fingerprint density at radius 2 is 1.96 bits per heavy atom. The molecule has 1 fully saturated rings. The van der Waals surface area contributed by atoms with Crippen LogP contribution in [0.4, 0.5) is 0 Å². The summed E-state index contributed by atoms with van der Waals surface area (Å²) in [6, 6.07) is 6.75. The maximum absolute atomic E-state index is 5.69. The van der Waals surface area contributed by atoms with Crippen LogP contribution in [0.1, 0.15) is 29.5 Å². The molecule has 0 radical (unpaired) electrons. The van der Waals surface area contributed by atoms with E-state index in [1.54, 1.807) is 0 Å². The van der Waals surface area contributed by atoms with Gasteiger partial charge in [-0.2, -0.15) is 5.70 Å². The van der Waals surface area contributed by atoms with Crippen LogP contribution in [-0.2, 0) is 16.6 Å². The van der Waals surface area contributed by atoms with E-state index in [0.717, 1.165) is 0 Å². The molecule has 0 saturated heterocycles. The molecule has 3 aliphatic carbocycles. The first kappa shape index (κ1) is 14.7. The molecule has 112 valence electrons. The summed E-state index contributed by atoms with van der Waals surface area (Å²) in [6.07, 6.45) is 16.1. The fourth-order valence-corrected chi connectivity index (χ4v) is 4.34. The lowest BCUT2D eigenvalue weighted by Gasteiger charge is -2.19. The summed E-state index contributed by atoms with van der Waals surface area (Å²) in [6.45, 7) is 0. The Labute approximate surface area is 142 Å². The van der Waals surface area contributed by atoms with E-state index in [1.165, 1.54) is 59.1 Å². The lowest BCUT2D eigenvalue weighted by molar-refractivity contribution is 0.396. The molecular formula is C20H18OSi2. The minimum atomic E-state index is 0.425. The molecule has 23 heavy (non-hydrogen) atoms. The Bertz CT molecular complexity index is 807. The molecule has 1 saturated carbocycles. The first-order chi connectivity index (χ1) is 11.4. The topological polar surface area (TPSA) is 11.3 Å². The van der Waals surface area contributed by atoms with Crippen LogP contribution in [0.3, 0.4) is 0 Å². The average molecular weight is 331 g/mol. The molecule has 0 N–H and O–H groups in total. The fourth-order valence-electron chi connectivity index (χ4n) is 3.00. The molecule has 0 unspecified atom stereocenters. The zero-order chi connectivity index (χ0) is 15.5. The maximum atomic E-state index is 5.69. The Balaban J connectivity index is 1.29. The first-order valence-electron chi connectivity index (χ1n) is 8.12. The number of aryl methyl sites for hydroxylation is 2. The summed E-state index contributed by atoms with van der Waals surface area (Å²) < 4.78 is 5.69. The zero-order valence-corrected chi connectivity index (χ0v) is 15.0. The van der Waals surface area contributed by atoms with Crippen molar-refractivity contribution in [2.75, 3.05) is 0 Å². The van der Waals surface area contributed by atoms with E-state index in [2.05, 4.69) is 60.3 Å². The number of fused-ring (bicyclic) bond motifs is 2. The van der Waals surface area contributed by atoms with Crippen molar-refractivity contribution < 1.29 is 3.78 Å². The molecule has 4 rings (SSSR count). The number of allylic oxidation sites excluding steroid dienone is 6. The predicted octanol–water partition coefficient (Wildman–Crippen LogP) is 3.55. The van der Waals surface area contributed by atoms with Crippen molar-refractivity contribution in [2.24, 2.45) is 0 Å². The number of benzene rings is 1. The normalized spacial score (nSPS) is 20.8.